The summed E-state index contributed by atoms with van der Waals surface area (Å²) in [7, 11) is 1.60. The van der Waals surface area contributed by atoms with E-state index >= 15 is 0 Å². The molecule has 0 fully saturated rings. The van der Waals surface area contributed by atoms with Crippen LogP contribution in [-0.4, -0.2) is 36.5 Å². The monoisotopic (exact) mass is 423 g/mol. The molecule has 3 aromatic heterocycles. The van der Waals surface area contributed by atoms with Crippen molar-refractivity contribution in [2.75, 3.05) is 7.11 Å². The van der Waals surface area contributed by atoms with Gasteiger partial charge >= 0.3 is 0 Å². The molecule has 0 saturated carbocycles. The predicted molar refractivity (Wildman–Crippen MR) is 114 cm³/mol. The summed E-state index contributed by atoms with van der Waals surface area (Å²) in [6.45, 7) is 4.01. The number of aliphatic hydroxyl groups excluding tert-OH is 1. The maximum absolute atomic E-state index is 13.2. The Morgan fingerprint density at radius 3 is 2.55 bits per heavy atom. The molecule has 0 atom stereocenters. The first-order valence-electron chi connectivity index (χ1n) is 10.3. The third-order valence-electron chi connectivity index (χ3n) is 5.51. The standard InChI is InChI=1S/C22H25N5O4/c1-4-14(5-2)21-23-18(25-31-21)12-26-10-11-27-20(22(26)29)17(13-28)19(24-27)15-6-8-16(30-3)9-7-15/h6-11,14,28H,4-5,12-13H2,1-3H3. The molecule has 0 spiro atoms. The Morgan fingerprint density at radius 1 is 1.16 bits per heavy atom. The van der Waals surface area contributed by atoms with Gasteiger partial charge < -0.3 is 18.9 Å². The number of aliphatic hydroxyl groups is 1. The van der Waals surface area contributed by atoms with E-state index in [2.05, 4.69) is 29.1 Å². The molecule has 0 amide bonds. The van der Waals surface area contributed by atoms with E-state index in [0.717, 1.165) is 18.4 Å². The summed E-state index contributed by atoms with van der Waals surface area (Å²) in [5.41, 5.74) is 1.84. The minimum Gasteiger partial charge on any atom is -0.497 e. The maximum Gasteiger partial charge on any atom is 0.277 e. The van der Waals surface area contributed by atoms with Crippen molar-refractivity contribution in [1.29, 1.82) is 0 Å². The van der Waals surface area contributed by atoms with E-state index in [4.69, 9.17) is 9.26 Å². The van der Waals surface area contributed by atoms with Crippen LogP contribution in [0.15, 0.2) is 46.0 Å². The van der Waals surface area contributed by atoms with Gasteiger partial charge in [-0.3, -0.25) is 4.79 Å². The highest BCUT2D eigenvalue weighted by atomic mass is 16.5. The van der Waals surface area contributed by atoms with Crippen molar-refractivity contribution in [2.24, 2.45) is 0 Å². The Kier molecular flexibility index (Phi) is 5.85. The van der Waals surface area contributed by atoms with E-state index in [9.17, 15) is 9.90 Å². The molecule has 4 aromatic rings. The van der Waals surface area contributed by atoms with Gasteiger partial charge in [-0.2, -0.15) is 10.1 Å². The molecule has 0 aliphatic carbocycles. The molecule has 0 aliphatic heterocycles. The summed E-state index contributed by atoms with van der Waals surface area (Å²) in [6, 6.07) is 7.31. The zero-order valence-corrected chi connectivity index (χ0v) is 17.8. The van der Waals surface area contributed by atoms with Crippen LogP contribution in [0.4, 0.5) is 0 Å². The normalized spacial score (nSPS) is 11.5. The molecule has 9 heteroatoms. The van der Waals surface area contributed by atoms with Crippen LogP contribution in [0.3, 0.4) is 0 Å². The van der Waals surface area contributed by atoms with Crippen LogP contribution in [0.2, 0.25) is 0 Å². The van der Waals surface area contributed by atoms with Crippen molar-refractivity contribution in [2.45, 2.75) is 45.8 Å². The third kappa shape index (κ3) is 3.84. The zero-order valence-electron chi connectivity index (χ0n) is 17.8. The highest BCUT2D eigenvalue weighted by Gasteiger charge is 2.19. The summed E-state index contributed by atoms with van der Waals surface area (Å²) in [5.74, 6) is 1.96. The van der Waals surface area contributed by atoms with E-state index in [0.29, 0.717) is 34.2 Å². The van der Waals surface area contributed by atoms with Gasteiger partial charge in [0, 0.05) is 29.4 Å². The van der Waals surface area contributed by atoms with Gasteiger partial charge in [-0.25, -0.2) is 4.52 Å². The molecule has 1 aromatic carbocycles. The van der Waals surface area contributed by atoms with Crippen molar-refractivity contribution in [3.63, 3.8) is 0 Å². The van der Waals surface area contributed by atoms with Gasteiger partial charge in [0.05, 0.1) is 26.0 Å². The Balaban J connectivity index is 1.72. The minimum absolute atomic E-state index is 0.174. The lowest BCUT2D eigenvalue weighted by molar-refractivity contribution is 0.283. The number of methoxy groups -OCH3 is 1. The first kappa shape index (κ1) is 20.8. The van der Waals surface area contributed by atoms with Gasteiger partial charge in [0.15, 0.2) is 5.82 Å². The van der Waals surface area contributed by atoms with Crippen molar-refractivity contribution >= 4 is 5.52 Å². The predicted octanol–water partition coefficient (Wildman–Crippen LogP) is 3.00. The number of nitrogens with zero attached hydrogens (tertiary/aromatic N) is 5. The quantitative estimate of drug-likeness (QED) is 0.464. The number of benzene rings is 1. The highest BCUT2D eigenvalue weighted by molar-refractivity contribution is 5.72. The molecule has 0 bridgehead atoms. The first-order valence-corrected chi connectivity index (χ1v) is 10.3. The molecular formula is C22H25N5O4. The van der Waals surface area contributed by atoms with E-state index < -0.39 is 0 Å². The maximum atomic E-state index is 13.2. The summed E-state index contributed by atoms with van der Waals surface area (Å²) in [4.78, 5) is 17.7. The van der Waals surface area contributed by atoms with Gasteiger partial charge in [-0.05, 0) is 37.1 Å². The molecule has 0 aliphatic rings. The summed E-state index contributed by atoms with van der Waals surface area (Å²) in [5, 5.41) is 18.6. The minimum atomic E-state index is -0.314. The van der Waals surface area contributed by atoms with Gasteiger partial charge in [-0.15, -0.1) is 0 Å². The smallest absolute Gasteiger partial charge is 0.277 e. The Hall–Kier alpha value is -3.46. The van der Waals surface area contributed by atoms with Crippen LogP contribution in [0, 0.1) is 0 Å². The number of hydrogen-bond acceptors (Lipinski definition) is 7. The van der Waals surface area contributed by atoms with Gasteiger partial charge in [0.25, 0.3) is 5.56 Å². The van der Waals surface area contributed by atoms with Crippen molar-refractivity contribution in [3.05, 3.63) is 64.3 Å². The number of aromatic nitrogens is 5. The first-order chi connectivity index (χ1) is 15.1. The Labute approximate surface area is 178 Å². The topological polar surface area (TPSA) is 108 Å². The lowest BCUT2D eigenvalue weighted by Crippen LogP contribution is -2.23. The number of hydrogen-bond donors (Lipinski definition) is 1. The largest absolute Gasteiger partial charge is 0.497 e. The van der Waals surface area contributed by atoms with Crippen LogP contribution in [0.1, 0.15) is 49.9 Å². The average Bonchev–Trinajstić information content (AvgIpc) is 3.41. The molecule has 0 radical (unpaired) electrons. The van der Waals surface area contributed by atoms with Crippen LogP contribution in [0.25, 0.3) is 16.8 Å². The molecule has 1 N–H and O–H groups in total. The molecule has 3 heterocycles. The molecule has 9 nitrogen and oxygen atoms in total. The molecule has 0 unspecified atom stereocenters. The number of rotatable bonds is 8. The molecule has 0 saturated heterocycles. The number of ether oxygens (including phenoxy) is 1. The van der Waals surface area contributed by atoms with Crippen LogP contribution < -0.4 is 10.3 Å². The summed E-state index contributed by atoms with van der Waals surface area (Å²) in [6.07, 6.45) is 5.14. The van der Waals surface area contributed by atoms with Gasteiger partial charge in [0.2, 0.25) is 5.89 Å². The van der Waals surface area contributed by atoms with Crippen molar-refractivity contribution < 1.29 is 14.4 Å². The highest BCUT2D eigenvalue weighted by Crippen LogP contribution is 2.27. The fourth-order valence-corrected chi connectivity index (χ4v) is 3.69. The van der Waals surface area contributed by atoms with E-state index in [1.807, 2.05) is 24.3 Å². The lowest BCUT2D eigenvalue weighted by Gasteiger charge is -2.05. The second kappa shape index (κ2) is 8.73. The molecule has 31 heavy (non-hydrogen) atoms. The molecule has 162 valence electrons. The SMILES string of the molecule is CCC(CC)c1nc(Cn2ccn3nc(-c4ccc(OC)cc4)c(CO)c3c2=O)no1. The van der Waals surface area contributed by atoms with Gasteiger partial charge in [-0.1, -0.05) is 19.0 Å². The van der Waals surface area contributed by atoms with Crippen LogP contribution in [-0.2, 0) is 13.2 Å². The fourth-order valence-electron chi connectivity index (χ4n) is 3.69. The van der Waals surface area contributed by atoms with E-state index in [1.54, 1.807) is 19.5 Å². The lowest BCUT2D eigenvalue weighted by atomic mass is 10.0. The average molecular weight is 423 g/mol. The molecule has 4 rings (SSSR count). The van der Waals surface area contributed by atoms with Crippen molar-refractivity contribution in [3.8, 4) is 17.0 Å². The van der Waals surface area contributed by atoms with Crippen molar-refractivity contribution in [1.82, 2.24) is 24.3 Å². The fraction of sp³-hybridized carbons (Fsp3) is 0.364. The number of fused-ring (bicyclic) bond motifs is 1. The van der Waals surface area contributed by atoms with E-state index in [1.165, 1.54) is 9.08 Å². The molecular weight excluding hydrogens is 398 g/mol. The van der Waals surface area contributed by atoms with Crippen LogP contribution >= 0.6 is 0 Å². The Bertz CT molecular complexity index is 1240. The Morgan fingerprint density at radius 2 is 1.90 bits per heavy atom. The summed E-state index contributed by atoms with van der Waals surface area (Å²) >= 11 is 0. The second-order valence-electron chi connectivity index (χ2n) is 7.30. The third-order valence-corrected chi connectivity index (χ3v) is 5.51. The zero-order chi connectivity index (χ0) is 22.0. The summed E-state index contributed by atoms with van der Waals surface area (Å²) < 4.78 is 13.6. The van der Waals surface area contributed by atoms with Crippen LogP contribution in [0.5, 0.6) is 5.75 Å². The van der Waals surface area contributed by atoms with Gasteiger partial charge in [0.1, 0.15) is 11.3 Å². The van der Waals surface area contributed by atoms with E-state index in [-0.39, 0.29) is 24.6 Å². The second-order valence-corrected chi connectivity index (χ2v) is 7.30.